The van der Waals surface area contributed by atoms with E-state index in [9.17, 15) is 4.79 Å². The number of nitrogens with one attached hydrogen (secondary N) is 1. The molecule has 1 amide bonds. The Morgan fingerprint density at radius 1 is 1.22 bits per heavy atom. The van der Waals surface area contributed by atoms with Crippen molar-refractivity contribution in [3.05, 3.63) is 35.7 Å². The first-order valence-corrected chi connectivity index (χ1v) is 9.16. The lowest BCUT2D eigenvalue weighted by molar-refractivity contribution is 0.0942. The number of aromatic nitrogens is 2. The topological polar surface area (TPSA) is 94.0 Å². The van der Waals surface area contributed by atoms with Crippen molar-refractivity contribution < 1.29 is 9.32 Å². The number of rotatable bonds is 7. The van der Waals surface area contributed by atoms with E-state index in [-0.39, 0.29) is 29.3 Å². The highest BCUT2D eigenvalue weighted by Gasteiger charge is 2.22. The van der Waals surface area contributed by atoms with Crippen molar-refractivity contribution in [1.82, 2.24) is 15.5 Å². The number of hydrogen-bond acceptors (Lipinski definition) is 5. The zero-order valence-corrected chi connectivity index (χ0v) is 17.7. The van der Waals surface area contributed by atoms with E-state index in [1.165, 1.54) is 0 Å². The molecule has 0 atom stereocenters. The second-order valence-electron chi connectivity index (χ2n) is 8.08. The zero-order valence-electron chi connectivity index (χ0n) is 16.8. The number of halogens is 1. The Bertz CT molecular complexity index is 748. The lowest BCUT2D eigenvalue weighted by Gasteiger charge is -2.26. The SMILES string of the molecule is CCC(N)(CC)CNC(=O)c1cccc(-c2noc(CC(C)(C)C)n2)c1.Cl. The van der Waals surface area contributed by atoms with E-state index < -0.39 is 0 Å². The fourth-order valence-electron chi connectivity index (χ4n) is 2.56. The zero-order chi connectivity index (χ0) is 19.4. The Labute approximate surface area is 167 Å². The van der Waals surface area contributed by atoms with Crippen LogP contribution in [0.25, 0.3) is 11.4 Å². The van der Waals surface area contributed by atoms with Gasteiger partial charge in [-0.05, 0) is 30.4 Å². The summed E-state index contributed by atoms with van der Waals surface area (Å²) in [5.41, 5.74) is 7.26. The minimum atomic E-state index is -0.372. The highest BCUT2D eigenvalue weighted by atomic mass is 35.5. The molecule has 2 aromatic rings. The van der Waals surface area contributed by atoms with E-state index in [4.69, 9.17) is 10.3 Å². The first-order valence-electron chi connectivity index (χ1n) is 9.16. The van der Waals surface area contributed by atoms with Gasteiger partial charge in [0.1, 0.15) is 0 Å². The van der Waals surface area contributed by atoms with Gasteiger partial charge >= 0.3 is 0 Å². The molecular weight excluding hydrogens is 364 g/mol. The fraction of sp³-hybridized carbons (Fsp3) is 0.550. The number of amides is 1. The van der Waals surface area contributed by atoms with Crippen LogP contribution in [0.5, 0.6) is 0 Å². The molecule has 0 bridgehead atoms. The minimum Gasteiger partial charge on any atom is -0.350 e. The van der Waals surface area contributed by atoms with E-state index in [0.717, 1.165) is 18.4 Å². The molecule has 0 radical (unpaired) electrons. The summed E-state index contributed by atoms with van der Waals surface area (Å²) in [5.74, 6) is 0.942. The predicted molar refractivity (Wildman–Crippen MR) is 110 cm³/mol. The highest BCUT2D eigenvalue weighted by molar-refractivity contribution is 5.95. The molecule has 0 aliphatic heterocycles. The van der Waals surface area contributed by atoms with Gasteiger partial charge in [-0.1, -0.05) is 51.9 Å². The van der Waals surface area contributed by atoms with Crippen molar-refractivity contribution in [2.75, 3.05) is 6.54 Å². The van der Waals surface area contributed by atoms with Crippen LogP contribution in [0.4, 0.5) is 0 Å². The Morgan fingerprint density at radius 3 is 2.48 bits per heavy atom. The van der Waals surface area contributed by atoms with E-state index in [2.05, 4.69) is 36.2 Å². The van der Waals surface area contributed by atoms with Gasteiger partial charge in [-0.2, -0.15) is 4.98 Å². The van der Waals surface area contributed by atoms with Crippen molar-refractivity contribution >= 4 is 18.3 Å². The van der Waals surface area contributed by atoms with Gasteiger partial charge in [0.05, 0.1) is 0 Å². The van der Waals surface area contributed by atoms with Crippen molar-refractivity contribution in [2.24, 2.45) is 11.1 Å². The molecule has 0 unspecified atom stereocenters. The lowest BCUT2D eigenvalue weighted by Crippen LogP contribution is -2.49. The third-order valence-electron chi connectivity index (χ3n) is 4.54. The summed E-state index contributed by atoms with van der Waals surface area (Å²) in [7, 11) is 0. The van der Waals surface area contributed by atoms with Gasteiger partial charge in [-0.25, -0.2) is 0 Å². The van der Waals surface area contributed by atoms with Gasteiger partial charge < -0.3 is 15.6 Å². The first kappa shape index (κ1) is 23.1. The molecule has 0 spiro atoms. The Morgan fingerprint density at radius 2 is 1.89 bits per heavy atom. The quantitative estimate of drug-likeness (QED) is 0.740. The molecule has 7 heteroatoms. The molecule has 1 aromatic carbocycles. The first-order chi connectivity index (χ1) is 12.2. The van der Waals surface area contributed by atoms with E-state index in [1.54, 1.807) is 12.1 Å². The van der Waals surface area contributed by atoms with Gasteiger partial charge in [0.25, 0.3) is 5.91 Å². The minimum absolute atomic E-state index is 0. The van der Waals surface area contributed by atoms with Crippen LogP contribution in [-0.4, -0.2) is 28.1 Å². The number of nitrogens with zero attached hydrogens (tertiary/aromatic N) is 2. The molecule has 27 heavy (non-hydrogen) atoms. The largest absolute Gasteiger partial charge is 0.350 e. The Hall–Kier alpha value is -1.92. The summed E-state index contributed by atoms with van der Waals surface area (Å²) in [6.45, 7) is 10.9. The summed E-state index contributed by atoms with van der Waals surface area (Å²) < 4.78 is 5.34. The Balaban J connectivity index is 0.00000364. The second-order valence-corrected chi connectivity index (χ2v) is 8.08. The van der Waals surface area contributed by atoms with Crippen molar-refractivity contribution in [2.45, 2.75) is 59.4 Å². The molecule has 1 heterocycles. The van der Waals surface area contributed by atoms with Crippen LogP contribution in [0, 0.1) is 5.41 Å². The molecule has 6 nitrogen and oxygen atoms in total. The number of nitrogens with two attached hydrogens (primary N) is 1. The standard InChI is InChI=1S/C20H30N4O2.ClH/c1-6-20(21,7-2)13-22-18(25)15-10-8-9-14(11-15)17-23-16(26-24-17)12-19(3,4)5;/h8-11H,6-7,12-13,21H2,1-5H3,(H,22,25);1H. The van der Waals surface area contributed by atoms with Crippen LogP contribution in [0.15, 0.2) is 28.8 Å². The van der Waals surface area contributed by atoms with Gasteiger partial charge in [0.15, 0.2) is 0 Å². The molecule has 0 saturated carbocycles. The smallest absolute Gasteiger partial charge is 0.251 e. The normalized spacial score (nSPS) is 11.8. The lowest BCUT2D eigenvalue weighted by atomic mass is 9.92. The van der Waals surface area contributed by atoms with Crippen molar-refractivity contribution in [3.8, 4) is 11.4 Å². The molecule has 0 fully saturated rings. The molecule has 0 saturated heterocycles. The van der Waals surface area contributed by atoms with Crippen LogP contribution in [0.3, 0.4) is 0 Å². The van der Waals surface area contributed by atoms with E-state index >= 15 is 0 Å². The summed E-state index contributed by atoms with van der Waals surface area (Å²) in [5, 5.41) is 6.97. The maximum absolute atomic E-state index is 12.5. The number of carbonyl (C=O) groups excluding carboxylic acids is 1. The highest BCUT2D eigenvalue weighted by Crippen LogP contribution is 2.22. The van der Waals surface area contributed by atoms with Crippen molar-refractivity contribution in [1.29, 1.82) is 0 Å². The third kappa shape index (κ3) is 6.63. The third-order valence-corrected chi connectivity index (χ3v) is 4.54. The summed E-state index contributed by atoms with van der Waals surface area (Å²) in [6.07, 6.45) is 2.32. The van der Waals surface area contributed by atoms with Gasteiger partial charge in [-0.3, -0.25) is 4.79 Å². The molecule has 1 aromatic heterocycles. The van der Waals surface area contributed by atoms with Crippen LogP contribution in [0.1, 0.15) is 63.7 Å². The second kappa shape index (κ2) is 9.33. The average Bonchev–Trinajstić information content (AvgIpc) is 3.06. The maximum Gasteiger partial charge on any atom is 0.251 e. The molecule has 0 aliphatic rings. The van der Waals surface area contributed by atoms with Crippen LogP contribution in [0.2, 0.25) is 0 Å². The van der Waals surface area contributed by atoms with Crippen LogP contribution in [-0.2, 0) is 6.42 Å². The van der Waals surface area contributed by atoms with Gasteiger partial charge in [0, 0.05) is 29.6 Å². The van der Waals surface area contributed by atoms with Gasteiger partial charge in [0.2, 0.25) is 11.7 Å². The monoisotopic (exact) mass is 394 g/mol. The number of hydrogen-bond donors (Lipinski definition) is 2. The Kier molecular flexibility index (Phi) is 7.99. The fourth-order valence-corrected chi connectivity index (χ4v) is 2.56. The molecule has 0 aliphatic carbocycles. The number of benzene rings is 1. The van der Waals surface area contributed by atoms with Crippen LogP contribution >= 0.6 is 12.4 Å². The van der Waals surface area contributed by atoms with E-state index in [1.807, 2.05) is 26.0 Å². The summed E-state index contributed by atoms with van der Waals surface area (Å²) in [6, 6.07) is 7.23. The molecule has 3 N–H and O–H groups in total. The van der Waals surface area contributed by atoms with Crippen LogP contribution < -0.4 is 11.1 Å². The maximum atomic E-state index is 12.5. The summed E-state index contributed by atoms with van der Waals surface area (Å²) >= 11 is 0. The van der Waals surface area contributed by atoms with Crippen molar-refractivity contribution in [3.63, 3.8) is 0 Å². The van der Waals surface area contributed by atoms with Gasteiger partial charge in [-0.15, -0.1) is 12.4 Å². The van der Waals surface area contributed by atoms with E-state index in [0.29, 0.717) is 30.2 Å². The molecule has 2 rings (SSSR count). The predicted octanol–water partition coefficient (Wildman–Crippen LogP) is 3.99. The summed E-state index contributed by atoms with van der Waals surface area (Å²) in [4.78, 5) is 16.9. The number of carbonyl (C=O) groups is 1. The molecular formula is C20H31ClN4O2. The average molecular weight is 395 g/mol. The molecule has 150 valence electrons.